The Balaban J connectivity index is 3.18. The van der Waals surface area contributed by atoms with Gasteiger partial charge in [-0.25, -0.2) is 0 Å². The molecule has 0 bridgehead atoms. The lowest BCUT2D eigenvalue weighted by Crippen LogP contribution is -1.94. The van der Waals surface area contributed by atoms with Crippen LogP contribution in [0.1, 0.15) is 46.5 Å². The van der Waals surface area contributed by atoms with Crippen molar-refractivity contribution < 1.29 is 0 Å². The van der Waals surface area contributed by atoms with Crippen LogP contribution in [0.5, 0.6) is 0 Å². The van der Waals surface area contributed by atoms with Crippen molar-refractivity contribution in [2.45, 2.75) is 46.5 Å². The highest BCUT2D eigenvalue weighted by Crippen LogP contribution is 2.14. The van der Waals surface area contributed by atoms with Gasteiger partial charge < -0.3 is 0 Å². The zero-order valence-electron chi connectivity index (χ0n) is 7.93. The fourth-order valence-electron chi connectivity index (χ4n) is 1.13. The molecule has 1 nitrogen and oxygen atoms in total. The van der Waals surface area contributed by atoms with Crippen LogP contribution >= 0.6 is 0 Å². The van der Waals surface area contributed by atoms with Crippen LogP contribution in [0.15, 0.2) is 0 Å². The molecule has 0 heterocycles. The van der Waals surface area contributed by atoms with Crippen LogP contribution in [0.3, 0.4) is 0 Å². The summed E-state index contributed by atoms with van der Waals surface area (Å²) in [6.07, 6.45) is 4.51. The Morgan fingerprint density at radius 1 is 1.18 bits per heavy atom. The third-order valence-electron chi connectivity index (χ3n) is 1.92. The van der Waals surface area contributed by atoms with Crippen molar-refractivity contribution in [2.75, 3.05) is 0 Å². The second-order valence-corrected chi connectivity index (χ2v) is 3.79. The lowest BCUT2D eigenvalue weighted by molar-refractivity contribution is 0.463. The van der Waals surface area contributed by atoms with E-state index >= 15 is 0 Å². The summed E-state index contributed by atoms with van der Waals surface area (Å²) in [6.45, 7) is 6.65. The molecule has 0 aliphatic heterocycles. The summed E-state index contributed by atoms with van der Waals surface area (Å²) >= 11 is 0. The maximum Gasteiger partial charge on any atom is 0.0624 e. The summed E-state index contributed by atoms with van der Waals surface area (Å²) in [5, 5.41) is 8.40. The monoisotopic (exact) mass is 153 g/mol. The zero-order valence-corrected chi connectivity index (χ0v) is 7.93. The maximum atomic E-state index is 8.40. The number of hydrogen-bond donors (Lipinski definition) is 0. The highest BCUT2D eigenvalue weighted by atomic mass is 14.2. The average molecular weight is 153 g/mol. The Morgan fingerprint density at radius 3 is 2.27 bits per heavy atom. The second kappa shape index (κ2) is 6.22. The lowest BCUT2D eigenvalue weighted by Gasteiger charge is -2.07. The molecule has 1 heteroatoms. The van der Waals surface area contributed by atoms with E-state index in [0.717, 1.165) is 12.3 Å². The van der Waals surface area contributed by atoms with Gasteiger partial charge in [0.1, 0.15) is 0 Å². The Kier molecular flexibility index (Phi) is 5.93. The number of nitrogens with zero attached hydrogens (tertiary/aromatic N) is 1. The van der Waals surface area contributed by atoms with E-state index in [-0.39, 0.29) is 0 Å². The van der Waals surface area contributed by atoms with Crippen LogP contribution in [-0.2, 0) is 0 Å². The average Bonchev–Trinajstić information content (AvgIpc) is 1.87. The van der Waals surface area contributed by atoms with Crippen LogP contribution in [-0.4, -0.2) is 0 Å². The quantitative estimate of drug-likeness (QED) is 0.594. The van der Waals surface area contributed by atoms with Gasteiger partial charge in [0.25, 0.3) is 0 Å². The Labute approximate surface area is 70.4 Å². The number of hydrogen-bond acceptors (Lipinski definition) is 1. The van der Waals surface area contributed by atoms with E-state index in [1.54, 1.807) is 0 Å². The van der Waals surface area contributed by atoms with Gasteiger partial charge in [-0.15, -0.1) is 0 Å². The largest absolute Gasteiger partial charge is 0.198 e. The van der Waals surface area contributed by atoms with Crippen molar-refractivity contribution in [3.63, 3.8) is 0 Å². The summed E-state index contributed by atoms with van der Waals surface area (Å²) in [4.78, 5) is 0. The Morgan fingerprint density at radius 2 is 1.82 bits per heavy atom. The van der Waals surface area contributed by atoms with E-state index in [2.05, 4.69) is 26.8 Å². The van der Waals surface area contributed by atoms with Gasteiger partial charge in [0.05, 0.1) is 6.07 Å². The molecule has 0 N–H and O–H groups in total. The molecule has 0 aromatic heterocycles. The molecule has 0 aromatic carbocycles. The molecule has 0 unspecified atom stereocenters. The summed E-state index contributed by atoms with van der Waals surface area (Å²) in [5.74, 6) is 1.41. The SMILES string of the molecule is CC(C)CCC[C@@H](C)CC#N. The number of nitriles is 1. The first-order valence-electron chi connectivity index (χ1n) is 4.53. The summed E-state index contributed by atoms with van der Waals surface area (Å²) in [5.41, 5.74) is 0. The smallest absolute Gasteiger partial charge is 0.0624 e. The van der Waals surface area contributed by atoms with E-state index in [4.69, 9.17) is 5.26 Å². The van der Waals surface area contributed by atoms with Crippen molar-refractivity contribution in [1.82, 2.24) is 0 Å². The molecule has 0 aliphatic carbocycles. The second-order valence-electron chi connectivity index (χ2n) is 3.79. The van der Waals surface area contributed by atoms with Gasteiger partial charge in [0.2, 0.25) is 0 Å². The minimum absolute atomic E-state index is 0.596. The molecule has 0 saturated carbocycles. The van der Waals surface area contributed by atoms with Gasteiger partial charge in [-0.2, -0.15) is 5.26 Å². The molecular formula is C10H19N. The van der Waals surface area contributed by atoms with Gasteiger partial charge in [0.15, 0.2) is 0 Å². The predicted molar refractivity (Wildman–Crippen MR) is 48.1 cm³/mol. The van der Waals surface area contributed by atoms with Crippen LogP contribution in [0, 0.1) is 23.2 Å². The maximum absolute atomic E-state index is 8.40. The summed E-state index contributed by atoms with van der Waals surface area (Å²) < 4.78 is 0. The van der Waals surface area contributed by atoms with Gasteiger partial charge in [0, 0.05) is 6.42 Å². The third kappa shape index (κ3) is 7.39. The van der Waals surface area contributed by atoms with E-state index in [0.29, 0.717) is 5.92 Å². The minimum Gasteiger partial charge on any atom is -0.198 e. The number of rotatable bonds is 5. The van der Waals surface area contributed by atoms with Gasteiger partial charge in [-0.05, 0) is 18.3 Å². The van der Waals surface area contributed by atoms with Gasteiger partial charge in [-0.3, -0.25) is 0 Å². The van der Waals surface area contributed by atoms with Crippen molar-refractivity contribution >= 4 is 0 Å². The van der Waals surface area contributed by atoms with Crippen LogP contribution in [0.2, 0.25) is 0 Å². The molecular weight excluding hydrogens is 134 g/mol. The summed E-state index contributed by atoms with van der Waals surface area (Å²) in [6, 6.07) is 2.21. The molecule has 0 fully saturated rings. The molecule has 0 radical (unpaired) electrons. The Bertz CT molecular complexity index is 121. The first kappa shape index (κ1) is 10.5. The molecule has 0 spiro atoms. The zero-order chi connectivity index (χ0) is 8.69. The molecule has 1 atom stereocenters. The first-order valence-corrected chi connectivity index (χ1v) is 4.53. The van der Waals surface area contributed by atoms with Crippen LogP contribution < -0.4 is 0 Å². The van der Waals surface area contributed by atoms with Gasteiger partial charge >= 0.3 is 0 Å². The van der Waals surface area contributed by atoms with Crippen molar-refractivity contribution in [2.24, 2.45) is 11.8 Å². The third-order valence-corrected chi connectivity index (χ3v) is 1.92. The molecule has 0 saturated heterocycles. The predicted octanol–water partition coefficient (Wildman–Crippen LogP) is 3.36. The van der Waals surface area contributed by atoms with Gasteiger partial charge in [-0.1, -0.05) is 33.6 Å². The lowest BCUT2D eigenvalue weighted by atomic mass is 9.98. The van der Waals surface area contributed by atoms with E-state index in [1.807, 2.05) is 0 Å². The molecule has 11 heavy (non-hydrogen) atoms. The summed E-state index contributed by atoms with van der Waals surface area (Å²) in [7, 11) is 0. The van der Waals surface area contributed by atoms with E-state index < -0.39 is 0 Å². The van der Waals surface area contributed by atoms with E-state index in [1.165, 1.54) is 19.3 Å². The highest BCUT2D eigenvalue weighted by molar-refractivity contribution is 4.72. The van der Waals surface area contributed by atoms with Crippen LogP contribution in [0.4, 0.5) is 0 Å². The van der Waals surface area contributed by atoms with Crippen LogP contribution in [0.25, 0.3) is 0 Å². The molecule has 64 valence electrons. The van der Waals surface area contributed by atoms with Crippen molar-refractivity contribution in [3.05, 3.63) is 0 Å². The highest BCUT2D eigenvalue weighted by Gasteiger charge is 2.01. The normalized spacial score (nSPS) is 13.0. The molecule has 0 aliphatic rings. The molecule has 0 amide bonds. The van der Waals surface area contributed by atoms with E-state index in [9.17, 15) is 0 Å². The minimum atomic E-state index is 0.596. The first-order chi connectivity index (χ1) is 5.16. The standard InChI is InChI=1S/C10H19N/c1-9(2)5-4-6-10(3)7-8-11/h9-10H,4-7H2,1-3H3/t10-/m1/s1. The topological polar surface area (TPSA) is 23.8 Å². The molecule has 0 rings (SSSR count). The fourth-order valence-corrected chi connectivity index (χ4v) is 1.13. The van der Waals surface area contributed by atoms with Crippen molar-refractivity contribution in [1.29, 1.82) is 5.26 Å². The van der Waals surface area contributed by atoms with Crippen molar-refractivity contribution in [3.8, 4) is 6.07 Å². The Hall–Kier alpha value is -0.510. The molecule has 0 aromatic rings. The fraction of sp³-hybridized carbons (Fsp3) is 0.900.